The lowest BCUT2D eigenvalue weighted by atomic mass is 10.2. The van der Waals surface area contributed by atoms with Crippen LogP contribution in [-0.2, 0) is 9.53 Å². The van der Waals surface area contributed by atoms with E-state index < -0.39 is 12.8 Å². The molecule has 0 radical (unpaired) electrons. The molecule has 7 heteroatoms. The third-order valence-corrected chi connectivity index (χ3v) is 3.61. The van der Waals surface area contributed by atoms with E-state index in [0.717, 1.165) is 19.3 Å². The van der Waals surface area contributed by atoms with Crippen LogP contribution in [0, 0.1) is 0 Å². The van der Waals surface area contributed by atoms with Gasteiger partial charge in [-0.1, -0.05) is 22.4 Å². The number of hydrogen-bond donors (Lipinski definition) is 1. The van der Waals surface area contributed by atoms with Crippen molar-refractivity contribution in [3.05, 3.63) is 0 Å². The second kappa shape index (κ2) is 6.58. The fourth-order valence-electron chi connectivity index (χ4n) is 1.71. The van der Waals surface area contributed by atoms with Crippen LogP contribution in [0.3, 0.4) is 0 Å². The summed E-state index contributed by atoms with van der Waals surface area (Å²) in [5, 5.41) is 2.78. The second-order valence-corrected chi connectivity index (χ2v) is 5.21. The summed E-state index contributed by atoms with van der Waals surface area (Å²) in [7, 11) is 0. The Morgan fingerprint density at radius 2 is 2.12 bits per heavy atom. The minimum Gasteiger partial charge on any atom is -0.372 e. The van der Waals surface area contributed by atoms with Crippen molar-refractivity contribution in [3.8, 4) is 0 Å². The van der Waals surface area contributed by atoms with Gasteiger partial charge in [-0.2, -0.15) is 13.2 Å². The molecule has 3 nitrogen and oxygen atoms in total. The maximum atomic E-state index is 11.7. The first-order chi connectivity index (χ1) is 7.88. The number of nitrogens with one attached hydrogen (secondary N) is 1. The minimum absolute atomic E-state index is 0.0354. The van der Waals surface area contributed by atoms with Crippen LogP contribution in [0.4, 0.5) is 13.2 Å². The maximum absolute atomic E-state index is 11.7. The number of hydrogen-bond acceptors (Lipinski definition) is 2. The summed E-state index contributed by atoms with van der Waals surface area (Å²) in [6, 6.07) is 0.0881. The summed E-state index contributed by atoms with van der Waals surface area (Å²) in [5.41, 5.74) is 0. The van der Waals surface area contributed by atoms with Gasteiger partial charge in [0.1, 0.15) is 6.61 Å². The number of rotatable bonds is 5. The lowest BCUT2D eigenvalue weighted by molar-refractivity contribution is -0.174. The number of carbonyl (C=O) groups is 1. The highest BCUT2D eigenvalue weighted by Gasteiger charge is 2.28. The molecule has 0 saturated heterocycles. The van der Waals surface area contributed by atoms with Gasteiger partial charge in [0.25, 0.3) is 0 Å². The standard InChI is InChI=1S/C10H15BrF3NO2/c11-7-2-1-3-8(7)15-9(16)4-5-17-6-10(12,13)14/h7-8H,1-6H2,(H,15,16). The van der Waals surface area contributed by atoms with Crippen LogP contribution in [0.1, 0.15) is 25.7 Å². The molecule has 0 bridgehead atoms. The summed E-state index contributed by atoms with van der Waals surface area (Å²) in [6.45, 7) is -1.50. The maximum Gasteiger partial charge on any atom is 0.411 e. The van der Waals surface area contributed by atoms with Gasteiger partial charge in [0, 0.05) is 17.3 Å². The van der Waals surface area contributed by atoms with Crippen LogP contribution in [-0.4, -0.2) is 36.2 Å². The Bertz CT molecular complexity index is 260. The van der Waals surface area contributed by atoms with Crippen molar-refractivity contribution in [1.82, 2.24) is 5.32 Å². The molecule has 1 aliphatic rings. The number of alkyl halides is 4. The zero-order valence-electron chi connectivity index (χ0n) is 9.23. The van der Waals surface area contributed by atoms with Crippen molar-refractivity contribution in [1.29, 1.82) is 0 Å². The smallest absolute Gasteiger partial charge is 0.372 e. The lowest BCUT2D eigenvalue weighted by Gasteiger charge is -2.16. The first-order valence-electron chi connectivity index (χ1n) is 5.46. The number of carbonyl (C=O) groups excluding carboxylic acids is 1. The molecule has 0 aromatic rings. The van der Waals surface area contributed by atoms with E-state index in [1.807, 2.05) is 0 Å². The van der Waals surface area contributed by atoms with Crippen molar-refractivity contribution in [2.75, 3.05) is 13.2 Å². The third-order valence-electron chi connectivity index (χ3n) is 2.52. The summed E-state index contributed by atoms with van der Waals surface area (Å²) in [4.78, 5) is 11.6. The fraction of sp³-hybridized carbons (Fsp3) is 0.900. The Hall–Kier alpha value is -0.300. The van der Waals surface area contributed by atoms with Crippen molar-refractivity contribution in [3.63, 3.8) is 0 Å². The molecule has 1 N–H and O–H groups in total. The molecular formula is C10H15BrF3NO2. The number of halogens is 4. The Labute approximate surface area is 106 Å². The van der Waals surface area contributed by atoms with Crippen LogP contribution in [0.2, 0.25) is 0 Å². The van der Waals surface area contributed by atoms with E-state index in [1.165, 1.54) is 0 Å². The molecule has 1 saturated carbocycles. The largest absolute Gasteiger partial charge is 0.411 e. The molecule has 0 aromatic heterocycles. The van der Waals surface area contributed by atoms with E-state index in [-0.39, 0.29) is 29.8 Å². The molecule has 1 amide bonds. The summed E-state index contributed by atoms with van der Waals surface area (Å²) in [5.74, 6) is -0.261. The first kappa shape index (κ1) is 14.8. The Balaban J connectivity index is 2.09. The van der Waals surface area contributed by atoms with Gasteiger partial charge in [-0.15, -0.1) is 0 Å². The van der Waals surface area contributed by atoms with E-state index in [4.69, 9.17) is 0 Å². The second-order valence-electron chi connectivity index (χ2n) is 4.04. The van der Waals surface area contributed by atoms with Crippen LogP contribution in [0.5, 0.6) is 0 Å². The molecule has 17 heavy (non-hydrogen) atoms. The fourth-order valence-corrected chi connectivity index (χ4v) is 2.43. The Morgan fingerprint density at radius 1 is 1.41 bits per heavy atom. The Kier molecular flexibility index (Phi) is 5.72. The highest BCUT2D eigenvalue weighted by molar-refractivity contribution is 9.09. The monoisotopic (exact) mass is 317 g/mol. The highest BCUT2D eigenvalue weighted by Crippen LogP contribution is 2.25. The number of amides is 1. The normalized spacial score (nSPS) is 24.9. The van der Waals surface area contributed by atoms with Crippen LogP contribution >= 0.6 is 15.9 Å². The minimum atomic E-state index is -4.33. The van der Waals surface area contributed by atoms with Gasteiger partial charge in [0.05, 0.1) is 6.61 Å². The molecule has 1 rings (SSSR count). The van der Waals surface area contributed by atoms with E-state index in [0.29, 0.717) is 0 Å². The van der Waals surface area contributed by atoms with Crippen molar-refractivity contribution < 1.29 is 22.7 Å². The lowest BCUT2D eigenvalue weighted by Crippen LogP contribution is -2.38. The first-order valence-corrected chi connectivity index (χ1v) is 6.38. The zero-order chi connectivity index (χ0) is 12.9. The van der Waals surface area contributed by atoms with Crippen LogP contribution < -0.4 is 5.32 Å². The molecule has 100 valence electrons. The van der Waals surface area contributed by atoms with E-state index >= 15 is 0 Å². The SMILES string of the molecule is O=C(CCOCC(F)(F)F)NC1CCCC1Br. The topological polar surface area (TPSA) is 38.3 Å². The van der Waals surface area contributed by atoms with E-state index in [2.05, 4.69) is 26.0 Å². The Morgan fingerprint density at radius 3 is 2.65 bits per heavy atom. The van der Waals surface area contributed by atoms with Gasteiger partial charge in [0.15, 0.2) is 0 Å². The van der Waals surface area contributed by atoms with Gasteiger partial charge in [-0.3, -0.25) is 4.79 Å². The number of ether oxygens (including phenoxy) is 1. The van der Waals surface area contributed by atoms with Crippen LogP contribution in [0.25, 0.3) is 0 Å². The van der Waals surface area contributed by atoms with Crippen molar-refractivity contribution in [2.45, 2.75) is 42.7 Å². The van der Waals surface area contributed by atoms with Crippen molar-refractivity contribution >= 4 is 21.8 Å². The molecular weight excluding hydrogens is 303 g/mol. The molecule has 0 aromatic carbocycles. The molecule has 0 aliphatic heterocycles. The summed E-state index contributed by atoms with van der Waals surface area (Å²) >= 11 is 3.45. The molecule has 2 atom stereocenters. The summed E-state index contributed by atoms with van der Waals surface area (Å²) < 4.78 is 39.5. The average molecular weight is 318 g/mol. The van der Waals surface area contributed by atoms with E-state index in [1.54, 1.807) is 0 Å². The quantitative estimate of drug-likeness (QED) is 0.624. The van der Waals surface area contributed by atoms with Gasteiger partial charge in [0.2, 0.25) is 5.91 Å². The zero-order valence-corrected chi connectivity index (χ0v) is 10.8. The third kappa shape index (κ3) is 6.26. The molecule has 0 spiro atoms. The van der Waals surface area contributed by atoms with Crippen molar-refractivity contribution in [2.24, 2.45) is 0 Å². The van der Waals surface area contributed by atoms with Gasteiger partial charge >= 0.3 is 6.18 Å². The van der Waals surface area contributed by atoms with Gasteiger partial charge < -0.3 is 10.1 Å². The van der Waals surface area contributed by atoms with Gasteiger partial charge in [-0.05, 0) is 12.8 Å². The van der Waals surface area contributed by atoms with E-state index in [9.17, 15) is 18.0 Å². The average Bonchev–Trinajstić information content (AvgIpc) is 2.58. The molecule has 1 aliphatic carbocycles. The molecule has 0 heterocycles. The highest BCUT2D eigenvalue weighted by atomic mass is 79.9. The molecule has 1 fully saturated rings. The van der Waals surface area contributed by atoms with Gasteiger partial charge in [-0.25, -0.2) is 0 Å². The summed E-state index contributed by atoms with van der Waals surface area (Å²) in [6.07, 6.45) is -1.40. The predicted octanol–water partition coefficient (Wildman–Crippen LogP) is 2.39. The predicted molar refractivity (Wildman–Crippen MR) is 60.0 cm³/mol. The molecule has 2 unspecified atom stereocenters. The van der Waals surface area contributed by atoms with Crippen LogP contribution in [0.15, 0.2) is 0 Å².